The van der Waals surface area contributed by atoms with Crippen LogP contribution < -0.4 is 0 Å². The molecule has 1 fully saturated rings. The molecule has 1 aliphatic heterocycles. The number of likely N-dealkylation sites (tertiary alicyclic amines) is 1. The van der Waals surface area contributed by atoms with E-state index in [9.17, 15) is 9.50 Å². The predicted molar refractivity (Wildman–Crippen MR) is 40.8 cm³/mol. The highest BCUT2D eigenvalue weighted by Crippen LogP contribution is 2.19. The number of terminal acetylenes is 1. The Morgan fingerprint density at radius 2 is 2.45 bits per heavy atom. The van der Waals surface area contributed by atoms with Crippen molar-refractivity contribution in [3.8, 4) is 12.3 Å². The Hall–Kier alpha value is -0.590. The van der Waals surface area contributed by atoms with E-state index in [2.05, 4.69) is 5.92 Å². The molecule has 0 aromatic carbocycles. The zero-order valence-corrected chi connectivity index (χ0v) is 6.39. The molecule has 0 bridgehead atoms. The van der Waals surface area contributed by atoms with E-state index >= 15 is 0 Å². The third-order valence-corrected chi connectivity index (χ3v) is 2.00. The van der Waals surface area contributed by atoms with Gasteiger partial charge in [-0.15, -0.1) is 6.42 Å². The van der Waals surface area contributed by atoms with Crippen LogP contribution in [0.3, 0.4) is 0 Å². The minimum absolute atomic E-state index is 0.374. The number of aliphatic hydroxyl groups is 1. The van der Waals surface area contributed by atoms with E-state index in [1.807, 2.05) is 4.90 Å². The summed E-state index contributed by atoms with van der Waals surface area (Å²) in [6, 6.07) is 0. The van der Waals surface area contributed by atoms with Gasteiger partial charge in [-0.25, -0.2) is 4.39 Å². The molecule has 1 aliphatic rings. The molecule has 0 amide bonds. The summed E-state index contributed by atoms with van der Waals surface area (Å²) >= 11 is 0. The Kier molecular flexibility index (Phi) is 2.48. The van der Waals surface area contributed by atoms with Crippen molar-refractivity contribution in [2.75, 3.05) is 26.3 Å². The molecule has 2 nitrogen and oxygen atoms in total. The van der Waals surface area contributed by atoms with Gasteiger partial charge in [0.1, 0.15) is 12.3 Å². The van der Waals surface area contributed by atoms with Crippen LogP contribution in [0.15, 0.2) is 0 Å². The highest BCUT2D eigenvalue weighted by molar-refractivity contribution is 5.11. The van der Waals surface area contributed by atoms with E-state index in [0.717, 1.165) is 0 Å². The van der Waals surface area contributed by atoms with E-state index < -0.39 is 5.60 Å². The summed E-state index contributed by atoms with van der Waals surface area (Å²) in [5.41, 5.74) is -1.00. The summed E-state index contributed by atoms with van der Waals surface area (Å²) in [5, 5.41) is 9.50. The largest absolute Gasteiger partial charge is 0.376 e. The molecule has 0 saturated carbocycles. The fourth-order valence-electron chi connectivity index (χ4n) is 1.30. The van der Waals surface area contributed by atoms with Gasteiger partial charge in [-0.1, -0.05) is 5.92 Å². The topological polar surface area (TPSA) is 23.5 Å². The van der Waals surface area contributed by atoms with Gasteiger partial charge in [0.05, 0.1) is 0 Å². The lowest BCUT2D eigenvalue weighted by atomic mass is 10.1. The van der Waals surface area contributed by atoms with Gasteiger partial charge in [0, 0.05) is 26.1 Å². The monoisotopic (exact) mass is 157 g/mol. The molecular weight excluding hydrogens is 145 g/mol. The third kappa shape index (κ3) is 1.92. The maximum Gasteiger partial charge on any atom is 0.139 e. The van der Waals surface area contributed by atoms with Crippen LogP contribution in [0.4, 0.5) is 4.39 Å². The normalized spacial score (nSPS) is 32.1. The van der Waals surface area contributed by atoms with Crippen LogP contribution in [0.5, 0.6) is 0 Å². The number of nitrogens with zero attached hydrogens (tertiary/aromatic N) is 1. The summed E-state index contributed by atoms with van der Waals surface area (Å²) < 4.78 is 11.8. The van der Waals surface area contributed by atoms with Gasteiger partial charge in [0.2, 0.25) is 0 Å². The summed E-state index contributed by atoms with van der Waals surface area (Å²) in [5.74, 6) is 2.32. The van der Waals surface area contributed by atoms with Crippen molar-refractivity contribution in [1.29, 1.82) is 0 Å². The number of alkyl halides is 1. The fraction of sp³-hybridized carbons (Fsp3) is 0.750. The van der Waals surface area contributed by atoms with Crippen molar-refractivity contribution in [3.05, 3.63) is 0 Å². The van der Waals surface area contributed by atoms with Crippen LogP contribution in [-0.2, 0) is 0 Å². The second-order valence-corrected chi connectivity index (χ2v) is 2.89. The van der Waals surface area contributed by atoms with Crippen LogP contribution >= 0.6 is 0 Å². The van der Waals surface area contributed by atoms with Crippen molar-refractivity contribution < 1.29 is 9.50 Å². The number of hydrogen-bond acceptors (Lipinski definition) is 2. The average molecular weight is 157 g/mol. The maximum atomic E-state index is 11.8. The predicted octanol–water partition coefficient (Wildman–Crippen LogP) is 0.0259. The summed E-state index contributed by atoms with van der Waals surface area (Å²) in [6.07, 6.45) is 5.67. The summed E-state index contributed by atoms with van der Waals surface area (Å²) in [4.78, 5) is 1.83. The summed E-state index contributed by atoms with van der Waals surface area (Å²) in [7, 11) is 0. The van der Waals surface area contributed by atoms with Crippen molar-refractivity contribution >= 4 is 0 Å². The lowest BCUT2D eigenvalue weighted by Gasteiger charge is -2.16. The van der Waals surface area contributed by atoms with E-state index in [4.69, 9.17) is 6.42 Å². The quantitative estimate of drug-likeness (QED) is 0.571. The van der Waals surface area contributed by atoms with Gasteiger partial charge in [-0.2, -0.15) is 0 Å². The number of β-amino-alcohol motifs (C(OH)–C–C–N with tert-alkyl or cyclic N) is 1. The fourth-order valence-corrected chi connectivity index (χ4v) is 1.30. The van der Waals surface area contributed by atoms with Gasteiger partial charge in [-0.3, -0.25) is 4.90 Å². The van der Waals surface area contributed by atoms with Crippen LogP contribution in [0.25, 0.3) is 0 Å². The minimum atomic E-state index is -1.00. The second kappa shape index (κ2) is 3.21. The molecule has 1 rings (SSSR count). The Labute approximate surface area is 66.0 Å². The van der Waals surface area contributed by atoms with Gasteiger partial charge in [0.25, 0.3) is 0 Å². The first-order valence-electron chi connectivity index (χ1n) is 3.69. The molecular formula is C8H12FNO. The zero-order chi connectivity index (χ0) is 8.32. The molecule has 0 spiro atoms. The number of rotatable bonds is 2. The van der Waals surface area contributed by atoms with Gasteiger partial charge >= 0.3 is 0 Å². The van der Waals surface area contributed by atoms with Crippen molar-refractivity contribution in [2.24, 2.45) is 0 Å². The SMILES string of the molecule is C#CC1(O)CCN(CCF)C1. The second-order valence-electron chi connectivity index (χ2n) is 2.89. The van der Waals surface area contributed by atoms with Crippen LogP contribution in [0.2, 0.25) is 0 Å². The molecule has 3 heteroatoms. The number of halogens is 1. The molecule has 0 aliphatic carbocycles. The minimum Gasteiger partial charge on any atom is -0.376 e. The Morgan fingerprint density at radius 3 is 2.91 bits per heavy atom. The van der Waals surface area contributed by atoms with Crippen LogP contribution in [-0.4, -0.2) is 41.9 Å². The molecule has 62 valence electrons. The molecule has 1 heterocycles. The molecule has 1 N–H and O–H groups in total. The molecule has 0 aromatic heterocycles. The molecule has 1 unspecified atom stereocenters. The molecule has 1 atom stereocenters. The first-order valence-corrected chi connectivity index (χ1v) is 3.69. The van der Waals surface area contributed by atoms with E-state index in [-0.39, 0.29) is 6.67 Å². The number of hydrogen-bond donors (Lipinski definition) is 1. The lowest BCUT2D eigenvalue weighted by molar-refractivity contribution is 0.107. The summed E-state index contributed by atoms with van der Waals surface area (Å²) in [6.45, 7) is 1.11. The van der Waals surface area contributed by atoms with E-state index in [1.54, 1.807) is 0 Å². The lowest BCUT2D eigenvalue weighted by Crippen LogP contribution is -2.32. The van der Waals surface area contributed by atoms with Crippen molar-refractivity contribution in [1.82, 2.24) is 4.90 Å². The van der Waals surface area contributed by atoms with Gasteiger partial charge in [-0.05, 0) is 0 Å². The highest BCUT2D eigenvalue weighted by Gasteiger charge is 2.33. The Morgan fingerprint density at radius 1 is 1.73 bits per heavy atom. The Balaban J connectivity index is 2.41. The molecule has 1 saturated heterocycles. The Bertz CT molecular complexity index is 177. The third-order valence-electron chi connectivity index (χ3n) is 2.00. The first-order chi connectivity index (χ1) is 5.20. The standard InChI is InChI=1S/C8H12FNO/c1-2-8(11)3-5-10(7-8)6-4-9/h1,11H,3-7H2. The molecule has 11 heavy (non-hydrogen) atoms. The zero-order valence-electron chi connectivity index (χ0n) is 6.39. The maximum absolute atomic E-state index is 11.8. The van der Waals surface area contributed by atoms with Crippen LogP contribution in [0, 0.1) is 12.3 Å². The van der Waals surface area contributed by atoms with Gasteiger partial charge in [0.15, 0.2) is 0 Å². The van der Waals surface area contributed by atoms with E-state index in [1.165, 1.54) is 0 Å². The highest BCUT2D eigenvalue weighted by atomic mass is 19.1. The van der Waals surface area contributed by atoms with Crippen LogP contribution in [0.1, 0.15) is 6.42 Å². The smallest absolute Gasteiger partial charge is 0.139 e. The van der Waals surface area contributed by atoms with Crippen molar-refractivity contribution in [3.63, 3.8) is 0 Å². The van der Waals surface area contributed by atoms with Gasteiger partial charge < -0.3 is 5.11 Å². The molecule has 0 radical (unpaired) electrons. The first kappa shape index (κ1) is 8.51. The van der Waals surface area contributed by atoms with Crippen molar-refractivity contribution in [2.45, 2.75) is 12.0 Å². The van der Waals surface area contributed by atoms with E-state index in [0.29, 0.717) is 26.1 Å². The average Bonchev–Trinajstić information content (AvgIpc) is 2.35. The molecule has 0 aromatic rings.